The zero-order valence-corrected chi connectivity index (χ0v) is 18.5. The molecule has 9 heteroatoms. The number of hydrogen-bond donors (Lipinski definition) is 2. The highest BCUT2D eigenvalue weighted by Crippen LogP contribution is 2.23. The molecule has 0 atom stereocenters. The molecule has 168 valence electrons. The molecule has 2 heterocycles. The number of ketones is 1. The fraction of sp³-hybridized carbons (Fsp3) is 0.304. The summed E-state index contributed by atoms with van der Waals surface area (Å²) in [5, 5.41) is 0. The van der Waals surface area contributed by atoms with Gasteiger partial charge in [0, 0.05) is 23.6 Å². The third-order valence-corrected chi connectivity index (χ3v) is 5.31. The van der Waals surface area contributed by atoms with Crippen molar-refractivity contribution in [1.29, 1.82) is 0 Å². The number of aryl methyl sites for hydroxylation is 2. The van der Waals surface area contributed by atoms with Gasteiger partial charge in [0.2, 0.25) is 5.78 Å². The lowest BCUT2D eigenvalue weighted by molar-refractivity contribution is 0.0473. The number of H-pyrrole nitrogens is 1. The van der Waals surface area contributed by atoms with Crippen molar-refractivity contribution in [3.8, 4) is 5.69 Å². The van der Waals surface area contributed by atoms with Gasteiger partial charge in [-0.2, -0.15) is 0 Å². The van der Waals surface area contributed by atoms with Gasteiger partial charge in [-0.3, -0.25) is 19.1 Å². The highest BCUT2D eigenvalue weighted by molar-refractivity contribution is 6.02. The van der Waals surface area contributed by atoms with E-state index in [0.29, 0.717) is 17.7 Å². The standard InChI is InChI=1S/C23H26N4O5/c1-5-10-26-20(24)19(21(29)25-23(26)31)18(28)12-32-22(30)16-11-14(3)27(15(16)4)17-9-7-6-8-13(17)2/h6-9,11H,5,10,12,24H2,1-4H3,(H,25,29,31). The molecule has 0 saturated heterocycles. The minimum absolute atomic E-state index is 0.237. The lowest BCUT2D eigenvalue weighted by Gasteiger charge is -2.13. The van der Waals surface area contributed by atoms with E-state index >= 15 is 0 Å². The lowest BCUT2D eigenvalue weighted by Crippen LogP contribution is -2.37. The van der Waals surface area contributed by atoms with Gasteiger partial charge >= 0.3 is 11.7 Å². The van der Waals surface area contributed by atoms with Gasteiger partial charge in [0.15, 0.2) is 6.61 Å². The van der Waals surface area contributed by atoms with Gasteiger partial charge in [0.05, 0.1) is 5.56 Å². The molecule has 0 saturated carbocycles. The summed E-state index contributed by atoms with van der Waals surface area (Å²) in [5.74, 6) is -1.71. The maximum Gasteiger partial charge on any atom is 0.340 e. The van der Waals surface area contributed by atoms with Crippen molar-refractivity contribution < 1.29 is 14.3 Å². The van der Waals surface area contributed by atoms with E-state index in [1.54, 1.807) is 13.0 Å². The van der Waals surface area contributed by atoms with E-state index in [1.807, 2.05) is 49.6 Å². The van der Waals surface area contributed by atoms with Gasteiger partial charge in [-0.25, -0.2) is 9.59 Å². The smallest absolute Gasteiger partial charge is 0.340 e. The van der Waals surface area contributed by atoms with Gasteiger partial charge in [-0.05, 0) is 44.9 Å². The number of nitrogen functional groups attached to an aromatic ring is 1. The van der Waals surface area contributed by atoms with Crippen LogP contribution in [0.2, 0.25) is 0 Å². The number of Topliss-reactive ketones (excluding diaryl/α,β-unsaturated/α-hetero) is 1. The van der Waals surface area contributed by atoms with Crippen LogP contribution in [-0.4, -0.2) is 32.5 Å². The van der Waals surface area contributed by atoms with Crippen LogP contribution in [0.3, 0.4) is 0 Å². The largest absolute Gasteiger partial charge is 0.454 e. The van der Waals surface area contributed by atoms with Gasteiger partial charge in [0.1, 0.15) is 11.4 Å². The molecule has 0 aliphatic rings. The molecule has 0 bridgehead atoms. The third-order valence-electron chi connectivity index (χ3n) is 5.31. The van der Waals surface area contributed by atoms with E-state index in [2.05, 4.69) is 4.98 Å². The molecule has 0 aliphatic carbocycles. The van der Waals surface area contributed by atoms with E-state index in [-0.39, 0.29) is 12.4 Å². The Morgan fingerprint density at radius 3 is 2.47 bits per heavy atom. The number of aromatic amines is 1. The molecule has 3 N–H and O–H groups in total. The predicted octanol–water partition coefficient (Wildman–Crippen LogP) is 2.28. The van der Waals surface area contributed by atoms with Crippen molar-refractivity contribution >= 4 is 17.6 Å². The van der Waals surface area contributed by atoms with E-state index < -0.39 is 35.2 Å². The summed E-state index contributed by atoms with van der Waals surface area (Å²) in [6.45, 7) is 7.04. The first-order valence-corrected chi connectivity index (χ1v) is 10.2. The average Bonchev–Trinajstić information content (AvgIpc) is 3.03. The molecule has 2 aromatic heterocycles. The summed E-state index contributed by atoms with van der Waals surface area (Å²) in [6, 6.07) is 9.47. The number of esters is 1. The first-order valence-electron chi connectivity index (χ1n) is 10.2. The first-order chi connectivity index (χ1) is 15.2. The minimum atomic E-state index is -0.904. The third kappa shape index (κ3) is 4.14. The molecule has 32 heavy (non-hydrogen) atoms. The number of aromatic nitrogens is 3. The Labute approximate surface area is 184 Å². The number of anilines is 1. The molecule has 0 fully saturated rings. The number of carbonyl (C=O) groups is 2. The predicted molar refractivity (Wildman–Crippen MR) is 121 cm³/mol. The van der Waals surface area contributed by atoms with Crippen molar-refractivity contribution in [2.75, 3.05) is 12.3 Å². The Morgan fingerprint density at radius 1 is 1.12 bits per heavy atom. The van der Waals surface area contributed by atoms with E-state index in [4.69, 9.17) is 10.5 Å². The summed E-state index contributed by atoms with van der Waals surface area (Å²) < 4.78 is 8.26. The van der Waals surface area contributed by atoms with Gasteiger partial charge < -0.3 is 15.0 Å². The Morgan fingerprint density at radius 2 is 1.81 bits per heavy atom. The first kappa shape index (κ1) is 22.8. The zero-order valence-electron chi connectivity index (χ0n) is 18.5. The molecular weight excluding hydrogens is 412 g/mol. The maximum atomic E-state index is 12.7. The van der Waals surface area contributed by atoms with Crippen molar-refractivity contribution in [3.05, 3.63) is 79.2 Å². The van der Waals surface area contributed by atoms with Crippen molar-refractivity contribution in [2.24, 2.45) is 0 Å². The van der Waals surface area contributed by atoms with E-state index in [1.165, 1.54) is 0 Å². The van der Waals surface area contributed by atoms with Crippen LogP contribution in [-0.2, 0) is 11.3 Å². The monoisotopic (exact) mass is 438 g/mol. The SMILES string of the molecule is CCCn1c(N)c(C(=O)COC(=O)c2cc(C)n(-c3ccccc3C)c2C)c(=O)[nH]c1=O. The summed E-state index contributed by atoms with van der Waals surface area (Å²) in [5.41, 5.74) is 7.71. The van der Waals surface area contributed by atoms with Crippen LogP contribution < -0.4 is 17.0 Å². The Hall–Kier alpha value is -3.88. The second kappa shape index (κ2) is 9.09. The Kier molecular flexibility index (Phi) is 6.47. The highest BCUT2D eigenvalue weighted by atomic mass is 16.5. The summed E-state index contributed by atoms with van der Waals surface area (Å²) >= 11 is 0. The second-order valence-corrected chi connectivity index (χ2v) is 7.58. The number of carbonyl (C=O) groups excluding carboxylic acids is 2. The van der Waals surface area contributed by atoms with Crippen molar-refractivity contribution in [1.82, 2.24) is 14.1 Å². The average molecular weight is 438 g/mol. The fourth-order valence-electron chi connectivity index (χ4n) is 3.74. The summed E-state index contributed by atoms with van der Waals surface area (Å²) in [7, 11) is 0. The number of hydrogen-bond acceptors (Lipinski definition) is 6. The van der Waals surface area contributed by atoms with Crippen LogP contribution in [0.25, 0.3) is 5.69 Å². The topological polar surface area (TPSA) is 129 Å². The molecule has 0 radical (unpaired) electrons. The molecule has 3 aromatic rings. The number of benzene rings is 1. The second-order valence-electron chi connectivity index (χ2n) is 7.58. The van der Waals surface area contributed by atoms with Gasteiger partial charge in [-0.15, -0.1) is 0 Å². The quantitative estimate of drug-likeness (QED) is 0.430. The molecule has 0 spiro atoms. The van der Waals surface area contributed by atoms with Crippen LogP contribution in [0, 0.1) is 20.8 Å². The van der Waals surface area contributed by atoms with Gasteiger partial charge in [-0.1, -0.05) is 25.1 Å². The summed E-state index contributed by atoms with van der Waals surface area (Å²) in [4.78, 5) is 51.5. The number of para-hydroxylation sites is 1. The Balaban J connectivity index is 1.85. The number of nitrogens with one attached hydrogen (secondary N) is 1. The number of ether oxygens (including phenoxy) is 1. The lowest BCUT2D eigenvalue weighted by atomic mass is 10.2. The van der Waals surface area contributed by atoms with Crippen LogP contribution in [0.1, 0.15) is 51.0 Å². The fourth-order valence-corrected chi connectivity index (χ4v) is 3.74. The molecule has 0 aliphatic heterocycles. The van der Waals surface area contributed by atoms with Crippen LogP contribution in [0.5, 0.6) is 0 Å². The van der Waals surface area contributed by atoms with Crippen LogP contribution in [0.4, 0.5) is 5.82 Å². The highest BCUT2D eigenvalue weighted by Gasteiger charge is 2.23. The molecule has 3 rings (SSSR count). The molecule has 1 aromatic carbocycles. The van der Waals surface area contributed by atoms with Gasteiger partial charge in [0.25, 0.3) is 5.56 Å². The van der Waals surface area contributed by atoms with Crippen LogP contribution in [0.15, 0.2) is 39.9 Å². The van der Waals surface area contributed by atoms with E-state index in [0.717, 1.165) is 21.5 Å². The normalized spacial score (nSPS) is 10.9. The number of nitrogens with two attached hydrogens (primary N) is 1. The van der Waals surface area contributed by atoms with E-state index in [9.17, 15) is 19.2 Å². The minimum Gasteiger partial charge on any atom is -0.454 e. The van der Waals surface area contributed by atoms with Crippen molar-refractivity contribution in [3.63, 3.8) is 0 Å². The molecule has 0 unspecified atom stereocenters. The molecular formula is C23H26N4O5. The zero-order chi connectivity index (χ0) is 23.6. The maximum absolute atomic E-state index is 12.7. The molecule has 0 amide bonds. The summed E-state index contributed by atoms with van der Waals surface area (Å²) in [6.07, 6.45) is 0.579. The number of nitrogens with zero attached hydrogens (tertiary/aromatic N) is 2. The van der Waals surface area contributed by atoms with Crippen molar-refractivity contribution in [2.45, 2.75) is 40.7 Å². The molecule has 9 nitrogen and oxygen atoms in total. The van der Waals surface area contributed by atoms with Crippen LogP contribution >= 0.6 is 0 Å². The number of rotatable bonds is 7. The Bertz CT molecular complexity index is 1310.